The van der Waals surface area contributed by atoms with Gasteiger partial charge >= 0.3 is 39.5 Å². The first kappa shape index (κ1) is 95.1. The van der Waals surface area contributed by atoms with E-state index >= 15 is 0 Å². The van der Waals surface area contributed by atoms with Crippen LogP contribution in [0.25, 0.3) is 0 Å². The summed E-state index contributed by atoms with van der Waals surface area (Å²) in [6.07, 6.45) is 58.5. The van der Waals surface area contributed by atoms with Crippen LogP contribution in [0, 0.1) is 11.8 Å². The Kier molecular flexibility index (Phi) is 68.4. The molecule has 0 radical (unpaired) electrons. The second kappa shape index (κ2) is 69.8. The van der Waals surface area contributed by atoms with E-state index in [-0.39, 0.29) is 25.7 Å². The minimum atomic E-state index is -4.96. The van der Waals surface area contributed by atoms with Crippen molar-refractivity contribution < 1.29 is 80.2 Å². The van der Waals surface area contributed by atoms with E-state index in [1.807, 2.05) is 0 Å². The highest BCUT2D eigenvalue weighted by Gasteiger charge is 2.30. The summed E-state index contributed by atoms with van der Waals surface area (Å²) in [4.78, 5) is 72.8. The molecule has 19 heteroatoms. The molecule has 0 fully saturated rings. The highest BCUT2D eigenvalue weighted by molar-refractivity contribution is 7.47. The van der Waals surface area contributed by atoms with Gasteiger partial charge in [0.2, 0.25) is 0 Å². The molecule has 0 saturated carbocycles. The number of carbonyl (C=O) groups is 4. The van der Waals surface area contributed by atoms with Crippen LogP contribution < -0.4 is 0 Å². The van der Waals surface area contributed by atoms with Crippen LogP contribution >= 0.6 is 15.6 Å². The molecule has 0 heterocycles. The Balaban J connectivity index is 5.20. The third kappa shape index (κ3) is 70.9. The number of hydrogen-bond donors (Lipinski definition) is 3. The smallest absolute Gasteiger partial charge is 0.462 e. The van der Waals surface area contributed by atoms with Gasteiger partial charge in [0.1, 0.15) is 19.3 Å². The molecule has 0 aromatic heterocycles. The first-order chi connectivity index (χ1) is 46.9. The Hall–Kier alpha value is -1.94. The second-order valence-electron chi connectivity index (χ2n) is 28.8. The molecule has 6 atom stereocenters. The van der Waals surface area contributed by atoms with E-state index in [0.717, 1.165) is 102 Å². The summed E-state index contributed by atoms with van der Waals surface area (Å²) >= 11 is 0. The zero-order valence-corrected chi connectivity index (χ0v) is 65.2. The minimum absolute atomic E-state index is 0.104. The molecule has 97 heavy (non-hydrogen) atoms. The van der Waals surface area contributed by atoms with Crippen LogP contribution in [-0.4, -0.2) is 96.7 Å². The lowest BCUT2D eigenvalue weighted by molar-refractivity contribution is -0.161. The second-order valence-corrected chi connectivity index (χ2v) is 31.7. The number of ether oxygens (including phenoxy) is 4. The first-order valence-electron chi connectivity index (χ1n) is 40.5. The van der Waals surface area contributed by atoms with E-state index in [4.69, 9.17) is 37.0 Å². The lowest BCUT2D eigenvalue weighted by atomic mass is 9.99. The van der Waals surface area contributed by atoms with Gasteiger partial charge in [-0.2, -0.15) is 0 Å². The topological polar surface area (TPSA) is 237 Å². The van der Waals surface area contributed by atoms with Gasteiger partial charge in [-0.3, -0.25) is 37.3 Å². The molecule has 0 spiro atoms. The van der Waals surface area contributed by atoms with Gasteiger partial charge in [-0.1, -0.05) is 356 Å². The summed E-state index contributed by atoms with van der Waals surface area (Å²) in [5.41, 5.74) is 0. The SMILES string of the molecule is CCCCCCCCCCCCCCCCCCCCCCCC(=O)O[C@H](COC(=O)CCCCCCCCCCCCCCCCC)COP(=O)(O)OC[C@@H](O)COP(=O)(O)OC[C@@H](COC(=O)CCCCCCCCC(C)C)OC(=O)CCCCCCCCCCC(C)CC. The van der Waals surface area contributed by atoms with Gasteiger partial charge in [-0.15, -0.1) is 0 Å². The number of unbranched alkanes of at least 4 members (excludes halogenated alkanes) is 46. The minimum Gasteiger partial charge on any atom is -0.462 e. The Morgan fingerprint density at radius 1 is 0.299 bits per heavy atom. The third-order valence-corrected chi connectivity index (χ3v) is 20.5. The number of phosphoric ester groups is 2. The summed E-state index contributed by atoms with van der Waals surface area (Å²) in [7, 11) is -9.91. The largest absolute Gasteiger partial charge is 0.472 e. The highest BCUT2D eigenvalue weighted by Crippen LogP contribution is 2.45. The zero-order valence-electron chi connectivity index (χ0n) is 63.4. The molecule has 0 aliphatic rings. The van der Waals surface area contributed by atoms with E-state index in [9.17, 15) is 43.2 Å². The molecule has 3 N–H and O–H groups in total. The molecular weight excluding hydrogens is 1270 g/mol. The fourth-order valence-corrected chi connectivity index (χ4v) is 13.6. The highest BCUT2D eigenvalue weighted by atomic mass is 31.2. The number of aliphatic hydroxyl groups excluding tert-OH is 1. The number of hydrogen-bond acceptors (Lipinski definition) is 15. The van der Waals surface area contributed by atoms with Crippen molar-refractivity contribution in [3.05, 3.63) is 0 Å². The summed E-state index contributed by atoms with van der Waals surface area (Å²) in [5.74, 6) is -0.668. The van der Waals surface area contributed by atoms with E-state index < -0.39 is 97.5 Å². The van der Waals surface area contributed by atoms with E-state index in [0.29, 0.717) is 31.6 Å². The molecule has 0 saturated heterocycles. The Labute approximate surface area is 594 Å². The summed E-state index contributed by atoms with van der Waals surface area (Å²) < 4.78 is 68.5. The zero-order chi connectivity index (χ0) is 71.4. The molecule has 3 unspecified atom stereocenters. The fraction of sp³-hybridized carbons (Fsp3) is 0.949. The van der Waals surface area contributed by atoms with Crippen molar-refractivity contribution in [1.82, 2.24) is 0 Å². The number of phosphoric acid groups is 2. The molecule has 0 aromatic carbocycles. The summed E-state index contributed by atoms with van der Waals surface area (Å²) in [5, 5.41) is 10.6. The van der Waals surface area contributed by atoms with Gasteiger partial charge in [0.05, 0.1) is 26.4 Å². The van der Waals surface area contributed by atoms with Crippen molar-refractivity contribution in [2.24, 2.45) is 11.8 Å². The van der Waals surface area contributed by atoms with Crippen molar-refractivity contribution >= 4 is 39.5 Å². The molecule has 0 rings (SSSR count). The molecule has 0 aliphatic carbocycles. The van der Waals surface area contributed by atoms with Crippen molar-refractivity contribution in [1.29, 1.82) is 0 Å². The van der Waals surface area contributed by atoms with Crippen LogP contribution in [0.2, 0.25) is 0 Å². The quantitative estimate of drug-likeness (QED) is 0.0222. The Morgan fingerprint density at radius 3 is 0.784 bits per heavy atom. The number of rotatable bonds is 77. The van der Waals surface area contributed by atoms with Crippen LogP contribution in [0.3, 0.4) is 0 Å². The van der Waals surface area contributed by atoms with E-state index in [2.05, 4.69) is 41.5 Å². The lowest BCUT2D eigenvalue weighted by Crippen LogP contribution is -2.30. The van der Waals surface area contributed by atoms with Gasteiger partial charge in [-0.25, -0.2) is 9.13 Å². The van der Waals surface area contributed by atoms with Crippen LogP contribution in [0.15, 0.2) is 0 Å². The van der Waals surface area contributed by atoms with Crippen LogP contribution in [-0.2, 0) is 65.4 Å². The maximum Gasteiger partial charge on any atom is 0.472 e. The number of esters is 4. The maximum atomic E-state index is 13.1. The van der Waals surface area contributed by atoms with Crippen molar-refractivity contribution in [2.45, 2.75) is 426 Å². The molecule has 0 aromatic rings. The van der Waals surface area contributed by atoms with Gasteiger partial charge in [0.25, 0.3) is 0 Å². The van der Waals surface area contributed by atoms with Crippen molar-refractivity contribution in [2.75, 3.05) is 39.6 Å². The summed E-state index contributed by atoms with van der Waals surface area (Å²) in [6.45, 7) is 9.52. The monoisotopic (exact) mass is 1420 g/mol. The van der Waals surface area contributed by atoms with Gasteiger partial charge in [0, 0.05) is 25.7 Å². The number of carbonyl (C=O) groups excluding carboxylic acids is 4. The maximum absolute atomic E-state index is 13.1. The Morgan fingerprint density at radius 2 is 0.526 bits per heavy atom. The average Bonchev–Trinajstić information content (AvgIpc) is 1.02. The predicted molar refractivity (Wildman–Crippen MR) is 395 cm³/mol. The Bertz CT molecular complexity index is 1870. The third-order valence-electron chi connectivity index (χ3n) is 18.6. The molecule has 0 aliphatic heterocycles. The van der Waals surface area contributed by atoms with Crippen molar-refractivity contribution in [3.8, 4) is 0 Å². The number of aliphatic hydroxyl groups is 1. The molecule has 576 valence electrons. The standard InChI is InChI=1S/C78H152O17P2/c1-7-10-12-14-16-18-20-22-24-25-26-27-28-29-31-33-35-37-42-50-56-62-77(82)94-73(66-88-75(80)60-54-48-41-36-34-32-30-23-21-19-17-15-13-11-8-2)68-92-96(84,85)90-64-72(79)65-91-97(86,87)93-69-74(67-89-76(81)61-55-49-45-44-46-52-58-70(4)5)95-78(83)63-57-51-43-39-38-40-47-53-59-71(6)9-3/h70-74,79H,7-69H2,1-6H3,(H,84,85)(H,86,87)/t71?,72-,73-,74-/m1/s1. The average molecular weight is 1420 g/mol. The first-order valence-corrected chi connectivity index (χ1v) is 43.5. The normalized spacial score (nSPS) is 14.2. The van der Waals surface area contributed by atoms with Crippen LogP contribution in [0.4, 0.5) is 0 Å². The molecule has 17 nitrogen and oxygen atoms in total. The molecular formula is C78H152O17P2. The fourth-order valence-electron chi connectivity index (χ4n) is 12.0. The van der Waals surface area contributed by atoms with Crippen LogP contribution in [0.5, 0.6) is 0 Å². The van der Waals surface area contributed by atoms with E-state index in [1.165, 1.54) is 218 Å². The molecule has 0 amide bonds. The molecule has 0 bridgehead atoms. The van der Waals surface area contributed by atoms with Gasteiger partial charge < -0.3 is 33.8 Å². The van der Waals surface area contributed by atoms with Crippen molar-refractivity contribution in [3.63, 3.8) is 0 Å². The van der Waals surface area contributed by atoms with Gasteiger partial charge in [0.15, 0.2) is 12.2 Å². The lowest BCUT2D eigenvalue weighted by Gasteiger charge is -2.21. The van der Waals surface area contributed by atoms with Crippen LogP contribution in [0.1, 0.15) is 408 Å². The van der Waals surface area contributed by atoms with E-state index in [1.54, 1.807) is 0 Å². The predicted octanol–water partition coefficient (Wildman–Crippen LogP) is 23.1. The van der Waals surface area contributed by atoms with Gasteiger partial charge in [-0.05, 0) is 37.5 Å². The summed E-state index contributed by atoms with van der Waals surface area (Å²) in [6, 6.07) is 0.